The molecule has 1 atom stereocenters. The molecule has 0 aromatic carbocycles. The standard InChI is InChI=1S/C9H12BrClS2/c1-7(4-11)5-12-6-9-8(10)2-3-13-9/h2-3,7H,4-6H2,1H3. The fourth-order valence-corrected chi connectivity index (χ4v) is 4.03. The highest BCUT2D eigenvalue weighted by atomic mass is 79.9. The van der Waals surface area contributed by atoms with Crippen molar-refractivity contribution in [1.29, 1.82) is 0 Å². The number of thioether (sulfide) groups is 1. The summed E-state index contributed by atoms with van der Waals surface area (Å²) >= 11 is 13.0. The van der Waals surface area contributed by atoms with Gasteiger partial charge in [0.05, 0.1) is 0 Å². The van der Waals surface area contributed by atoms with Crippen LogP contribution in [0.25, 0.3) is 0 Å². The molecule has 1 heterocycles. The largest absolute Gasteiger partial charge is 0.156 e. The molecule has 0 N–H and O–H groups in total. The first-order valence-corrected chi connectivity index (χ1v) is 7.45. The van der Waals surface area contributed by atoms with E-state index in [0.29, 0.717) is 5.92 Å². The van der Waals surface area contributed by atoms with E-state index in [4.69, 9.17) is 11.6 Å². The second-order valence-electron chi connectivity index (χ2n) is 2.97. The minimum atomic E-state index is 0.616. The van der Waals surface area contributed by atoms with Crippen molar-refractivity contribution in [2.45, 2.75) is 12.7 Å². The SMILES string of the molecule is CC(CCl)CSCc1sccc1Br. The predicted molar refractivity (Wildman–Crippen MR) is 68.1 cm³/mol. The molecule has 0 aliphatic heterocycles. The van der Waals surface area contributed by atoms with Gasteiger partial charge in [0.25, 0.3) is 0 Å². The molecular weight excluding hydrogens is 288 g/mol. The van der Waals surface area contributed by atoms with Gasteiger partial charge in [-0.3, -0.25) is 0 Å². The van der Waals surface area contributed by atoms with Crippen LogP contribution in [-0.4, -0.2) is 11.6 Å². The first kappa shape index (κ1) is 11.9. The molecule has 0 bridgehead atoms. The summed E-state index contributed by atoms with van der Waals surface area (Å²) in [5.74, 6) is 3.62. The molecule has 4 heteroatoms. The van der Waals surface area contributed by atoms with Crippen molar-refractivity contribution >= 4 is 50.6 Å². The molecule has 0 aliphatic rings. The van der Waals surface area contributed by atoms with Crippen molar-refractivity contribution in [2.75, 3.05) is 11.6 Å². The fourth-order valence-electron chi connectivity index (χ4n) is 0.825. The average Bonchev–Trinajstić information content (AvgIpc) is 2.52. The van der Waals surface area contributed by atoms with Gasteiger partial charge in [-0.15, -0.1) is 22.9 Å². The molecule has 1 aromatic heterocycles. The Morgan fingerprint density at radius 1 is 1.69 bits per heavy atom. The molecular formula is C9H12BrClS2. The van der Waals surface area contributed by atoms with Gasteiger partial charge >= 0.3 is 0 Å². The zero-order valence-corrected chi connectivity index (χ0v) is 11.4. The molecule has 0 spiro atoms. The van der Waals surface area contributed by atoms with Crippen molar-refractivity contribution in [3.63, 3.8) is 0 Å². The van der Waals surface area contributed by atoms with Gasteiger partial charge in [0, 0.05) is 21.0 Å². The maximum atomic E-state index is 5.72. The summed E-state index contributed by atoms with van der Waals surface area (Å²) in [4.78, 5) is 1.42. The van der Waals surface area contributed by atoms with Gasteiger partial charge in [0.1, 0.15) is 0 Å². The Labute approximate surface area is 101 Å². The average molecular weight is 300 g/mol. The highest BCUT2D eigenvalue weighted by molar-refractivity contribution is 9.10. The van der Waals surface area contributed by atoms with Crippen LogP contribution in [0.3, 0.4) is 0 Å². The van der Waals surface area contributed by atoms with E-state index in [-0.39, 0.29) is 0 Å². The molecule has 0 amide bonds. The topological polar surface area (TPSA) is 0 Å². The normalized spacial score (nSPS) is 13.2. The van der Waals surface area contributed by atoms with Gasteiger partial charge in [-0.1, -0.05) is 6.92 Å². The number of hydrogen-bond donors (Lipinski definition) is 0. The lowest BCUT2D eigenvalue weighted by molar-refractivity contribution is 0.759. The van der Waals surface area contributed by atoms with E-state index in [1.54, 1.807) is 0 Å². The molecule has 1 unspecified atom stereocenters. The Morgan fingerprint density at radius 2 is 2.46 bits per heavy atom. The molecule has 1 aromatic rings. The fraction of sp³-hybridized carbons (Fsp3) is 0.556. The summed E-state index contributed by atoms with van der Waals surface area (Å²) in [7, 11) is 0. The number of halogens is 2. The lowest BCUT2D eigenvalue weighted by atomic mass is 10.3. The number of hydrogen-bond acceptors (Lipinski definition) is 2. The third-order valence-corrected chi connectivity index (χ3v) is 5.52. The first-order chi connectivity index (χ1) is 6.24. The van der Waals surface area contributed by atoms with Crippen molar-refractivity contribution in [3.05, 3.63) is 20.8 Å². The van der Waals surface area contributed by atoms with Crippen LogP contribution in [0.2, 0.25) is 0 Å². The quantitative estimate of drug-likeness (QED) is 0.715. The van der Waals surface area contributed by atoms with Gasteiger partial charge in [0.2, 0.25) is 0 Å². The number of rotatable bonds is 5. The summed E-state index contributed by atoms with van der Waals surface area (Å²) in [6, 6.07) is 2.10. The summed E-state index contributed by atoms with van der Waals surface area (Å²) < 4.78 is 1.24. The molecule has 0 fully saturated rings. The Hall–Kier alpha value is 0.820. The van der Waals surface area contributed by atoms with Gasteiger partial charge in [-0.05, 0) is 39.0 Å². The van der Waals surface area contributed by atoms with E-state index < -0.39 is 0 Å². The molecule has 1 rings (SSSR count). The second kappa shape index (κ2) is 6.33. The molecule has 0 nitrogen and oxygen atoms in total. The van der Waals surface area contributed by atoms with Gasteiger partial charge in [-0.2, -0.15) is 11.8 Å². The Balaban J connectivity index is 2.24. The summed E-state index contributed by atoms with van der Waals surface area (Å²) in [5, 5.41) is 2.12. The molecule has 0 saturated carbocycles. The highest BCUT2D eigenvalue weighted by Gasteiger charge is 2.03. The Bertz CT molecular complexity index is 250. The van der Waals surface area contributed by atoms with Gasteiger partial charge in [0.15, 0.2) is 0 Å². The lowest BCUT2D eigenvalue weighted by Gasteiger charge is -2.05. The molecule has 74 valence electrons. The second-order valence-corrected chi connectivity index (χ2v) is 6.16. The summed E-state index contributed by atoms with van der Waals surface area (Å²) in [6.07, 6.45) is 0. The minimum Gasteiger partial charge on any atom is -0.156 e. The van der Waals surface area contributed by atoms with Crippen molar-refractivity contribution in [3.8, 4) is 0 Å². The van der Waals surface area contributed by atoms with Crippen LogP contribution in [0.4, 0.5) is 0 Å². The summed E-state index contributed by atoms with van der Waals surface area (Å²) in [5.41, 5.74) is 0. The van der Waals surface area contributed by atoms with Crippen LogP contribution in [0, 0.1) is 5.92 Å². The minimum absolute atomic E-state index is 0.616. The Kier molecular flexibility index (Phi) is 5.79. The van der Waals surface area contributed by atoms with Crippen LogP contribution >= 0.6 is 50.6 Å². The van der Waals surface area contributed by atoms with Gasteiger partial charge < -0.3 is 0 Å². The first-order valence-electron chi connectivity index (χ1n) is 4.09. The van der Waals surface area contributed by atoms with E-state index in [1.165, 1.54) is 9.35 Å². The maximum Gasteiger partial charge on any atom is 0.0322 e. The number of thiophene rings is 1. The third-order valence-electron chi connectivity index (χ3n) is 1.59. The third kappa shape index (κ3) is 4.24. The van der Waals surface area contributed by atoms with E-state index >= 15 is 0 Å². The molecule has 0 radical (unpaired) electrons. The smallest absolute Gasteiger partial charge is 0.0322 e. The molecule has 0 aliphatic carbocycles. The monoisotopic (exact) mass is 298 g/mol. The number of alkyl halides is 1. The summed E-state index contributed by atoms with van der Waals surface area (Å²) in [6.45, 7) is 2.18. The lowest BCUT2D eigenvalue weighted by Crippen LogP contribution is -1.99. The zero-order valence-electron chi connectivity index (χ0n) is 7.43. The predicted octanol–water partition coefficient (Wildman–Crippen LogP) is 4.62. The van der Waals surface area contributed by atoms with Crippen LogP contribution in [-0.2, 0) is 5.75 Å². The van der Waals surface area contributed by atoms with Gasteiger partial charge in [-0.25, -0.2) is 0 Å². The van der Waals surface area contributed by atoms with Crippen LogP contribution in [0.15, 0.2) is 15.9 Å². The van der Waals surface area contributed by atoms with E-state index in [1.807, 2.05) is 23.1 Å². The highest BCUT2D eigenvalue weighted by Crippen LogP contribution is 2.27. The van der Waals surface area contributed by atoms with Crippen LogP contribution in [0.5, 0.6) is 0 Å². The van der Waals surface area contributed by atoms with Crippen molar-refractivity contribution in [2.24, 2.45) is 5.92 Å². The van der Waals surface area contributed by atoms with Crippen molar-refractivity contribution in [1.82, 2.24) is 0 Å². The van der Waals surface area contributed by atoms with Crippen LogP contribution < -0.4 is 0 Å². The van der Waals surface area contributed by atoms with E-state index in [0.717, 1.165) is 17.4 Å². The van der Waals surface area contributed by atoms with Crippen LogP contribution in [0.1, 0.15) is 11.8 Å². The zero-order chi connectivity index (χ0) is 9.68. The van der Waals surface area contributed by atoms with E-state index in [2.05, 4.69) is 34.3 Å². The maximum absolute atomic E-state index is 5.72. The molecule has 0 saturated heterocycles. The molecule has 13 heavy (non-hydrogen) atoms. The van der Waals surface area contributed by atoms with E-state index in [9.17, 15) is 0 Å². The van der Waals surface area contributed by atoms with Crippen molar-refractivity contribution < 1.29 is 0 Å². The Morgan fingerprint density at radius 3 is 3.00 bits per heavy atom.